The van der Waals surface area contributed by atoms with Crippen LogP contribution in [0.15, 0.2) is 17.5 Å². The number of aliphatic hydroxyl groups excluding tert-OH is 1. The minimum Gasteiger partial charge on any atom is -0.448 e. The molecule has 6 aliphatic rings. The van der Waals surface area contributed by atoms with E-state index in [-0.39, 0.29) is 36.7 Å². The highest BCUT2D eigenvalue weighted by Crippen LogP contribution is 2.61. The molecule has 0 unspecified atom stereocenters. The Kier molecular flexibility index (Phi) is 10.3. The number of hydrogen-bond donors (Lipinski definition) is 1. The number of rotatable bonds is 11. The van der Waals surface area contributed by atoms with E-state index in [9.17, 15) is 9.90 Å². The molecular formula is C37H59N5O6Si. The number of carbonyl (C=O) groups is 2. The van der Waals surface area contributed by atoms with Crippen molar-refractivity contribution in [2.24, 2.45) is 11.8 Å². The first-order chi connectivity index (χ1) is 23.7. The van der Waals surface area contributed by atoms with Crippen LogP contribution in [-0.2, 0) is 32.0 Å². The highest BCUT2D eigenvalue weighted by atomic mass is 28.3. The quantitative estimate of drug-likeness (QED) is 0.293. The number of nitrogens with zero attached hydrogens (tertiary/aromatic N) is 5. The van der Waals surface area contributed by atoms with Gasteiger partial charge in [0, 0.05) is 57.1 Å². The van der Waals surface area contributed by atoms with Gasteiger partial charge in [0.2, 0.25) is 0 Å². The fourth-order valence-corrected chi connectivity index (χ4v) is 16.1. The van der Waals surface area contributed by atoms with Crippen LogP contribution < -0.4 is 0 Å². The molecule has 12 heteroatoms. The van der Waals surface area contributed by atoms with Crippen LogP contribution in [0.3, 0.4) is 0 Å². The van der Waals surface area contributed by atoms with Crippen LogP contribution in [0.25, 0.3) is 0 Å². The summed E-state index contributed by atoms with van der Waals surface area (Å²) in [6.45, 7) is 10.2. The molecule has 2 saturated carbocycles. The van der Waals surface area contributed by atoms with Crippen LogP contribution in [0.4, 0.5) is 4.79 Å². The summed E-state index contributed by atoms with van der Waals surface area (Å²) >= 11 is 0. The SMILES string of the molecule is COC1CCC([Si](C)(C)[C@H]2[C@H](CCn3cc(CCO)nn3)O[C@@]3(C(=O)N(CC4CCC(N5CCOC5=O)CC4)C4=C3CCCC4)[C@@H]2C)CC1. The molecule has 4 atom stereocenters. The van der Waals surface area contributed by atoms with Crippen molar-refractivity contribution in [1.82, 2.24) is 24.8 Å². The van der Waals surface area contributed by atoms with Gasteiger partial charge in [-0.2, -0.15) is 0 Å². The lowest BCUT2D eigenvalue weighted by atomic mass is 9.78. The molecule has 272 valence electrons. The van der Waals surface area contributed by atoms with Gasteiger partial charge in [0.05, 0.1) is 32.5 Å². The topological polar surface area (TPSA) is 119 Å². The number of aryl methyl sites for hydroxylation is 1. The Morgan fingerprint density at radius 3 is 2.51 bits per heavy atom. The van der Waals surface area contributed by atoms with Gasteiger partial charge in [-0.3, -0.25) is 9.48 Å². The number of aromatic nitrogens is 3. The number of fused-ring (bicyclic) bond motifs is 1. The maximum atomic E-state index is 15.2. The molecule has 4 heterocycles. The van der Waals surface area contributed by atoms with E-state index < -0.39 is 13.7 Å². The maximum Gasteiger partial charge on any atom is 0.410 e. The Bertz CT molecular complexity index is 1380. The molecule has 2 saturated heterocycles. The normalized spacial score (nSPS) is 35.5. The fraction of sp³-hybridized carbons (Fsp3) is 0.838. The minimum atomic E-state index is -1.95. The molecule has 3 aliphatic heterocycles. The predicted octanol–water partition coefficient (Wildman–Crippen LogP) is 5.70. The van der Waals surface area contributed by atoms with Crippen LogP contribution in [0.2, 0.25) is 24.2 Å². The molecule has 49 heavy (non-hydrogen) atoms. The molecule has 0 radical (unpaired) electrons. The Labute approximate surface area is 293 Å². The van der Waals surface area contributed by atoms with E-state index in [0.717, 1.165) is 82.9 Å². The number of amides is 2. The molecular weight excluding hydrogens is 639 g/mol. The van der Waals surface area contributed by atoms with Crippen LogP contribution in [0, 0.1) is 11.8 Å². The molecule has 4 fully saturated rings. The zero-order chi connectivity index (χ0) is 34.3. The molecule has 0 aromatic carbocycles. The molecule has 1 N–H and O–H groups in total. The van der Waals surface area contributed by atoms with E-state index in [0.29, 0.717) is 49.2 Å². The lowest BCUT2D eigenvalue weighted by Crippen LogP contribution is -2.50. The van der Waals surface area contributed by atoms with Crippen LogP contribution in [0.1, 0.15) is 96.1 Å². The van der Waals surface area contributed by atoms with Gasteiger partial charge in [0.15, 0.2) is 5.60 Å². The molecule has 11 nitrogen and oxygen atoms in total. The zero-order valence-electron chi connectivity index (χ0n) is 30.3. The number of carbonyl (C=O) groups excluding carboxylic acids is 2. The second-order valence-electron chi connectivity index (χ2n) is 16.5. The first kappa shape index (κ1) is 35.1. The summed E-state index contributed by atoms with van der Waals surface area (Å²) in [4.78, 5) is 31.5. The predicted molar refractivity (Wildman–Crippen MR) is 187 cm³/mol. The van der Waals surface area contributed by atoms with Gasteiger partial charge in [0.1, 0.15) is 6.61 Å². The average molecular weight is 698 g/mol. The van der Waals surface area contributed by atoms with Crippen molar-refractivity contribution in [3.05, 3.63) is 23.2 Å². The lowest BCUT2D eigenvalue weighted by molar-refractivity contribution is -0.150. The van der Waals surface area contributed by atoms with Gasteiger partial charge in [0.25, 0.3) is 5.91 Å². The molecule has 3 aliphatic carbocycles. The first-order valence-electron chi connectivity index (χ1n) is 19.4. The van der Waals surface area contributed by atoms with Gasteiger partial charge in [-0.1, -0.05) is 38.1 Å². The Morgan fingerprint density at radius 2 is 1.82 bits per heavy atom. The fourth-order valence-electron chi connectivity index (χ4n) is 11.1. The highest BCUT2D eigenvalue weighted by molar-refractivity contribution is 6.80. The lowest BCUT2D eigenvalue weighted by Gasteiger charge is -2.45. The minimum absolute atomic E-state index is 0.0301. The third-order valence-corrected chi connectivity index (χ3v) is 19.0. The Morgan fingerprint density at radius 1 is 1.06 bits per heavy atom. The van der Waals surface area contributed by atoms with Gasteiger partial charge in [-0.05, 0) is 93.2 Å². The van der Waals surface area contributed by atoms with Gasteiger partial charge < -0.3 is 29.1 Å². The summed E-state index contributed by atoms with van der Waals surface area (Å²) < 4.78 is 20.3. The summed E-state index contributed by atoms with van der Waals surface area (Å²) in [5, 5.41) is 18.1. The third kappa shape index (κ3) is 6.41. The van der Waals surface area contributed by atoms with Gasteiger partial charge in [-0.15, -0.1) is 5.10 Å². The summed E-state index contributed by atoms with van der Waals surface area (Å²) in [7, 11) is -0.103. The largest absolute Gasteiger partial charge is 0.448 e. The second-order valence-corrected chi connectivity index (χ2v) is 21.6. The monoisotopic (exact) mass is 697 g/mol. The molecule has 0 bridgehead atoms. The summed E-state index contributed by atoms with van der Waals surface area (Å²) in [5.74, 6) is 0.733. The van der Waals surface area contributed by atoms with Crippen molar-refractivity contribution in [3.63, 3.8) is 0 Å². The second kappa shape index (κ2) is 14.4. The summed E-state index contributed by atoms with van der Waals surface area (Å²) in [5.41, 5.74) is 3.49. The molecule has 7 rings (SSSR count). The highest BCUT2D eigenvalue weighted by Gasteiger charge is 2.67. The third-order valence-electron chi connectivity index (χ3n) is 13.7. The van der Waals surface area contributed by atoms with Crippen molar-refractivity contribution < 1.29 is 28.9 Å². The van der Waals surface area contributed by atoms with Crippen LogP contribution in [0.5, 0.6) is 0 Å². The standard InChI is InChI=1S/C37H59N5O6Si/c1-25-34(49(3,4)30-15-13-29(46-2)14-16-30)33(17-19-40-24-27(18-21-43)38-39-40)48-37(25)31-7-5-6-8-32(31)42(35(37)44)23-26-9-11-28(12-10-26)41-20-22-47-36(41)45/h24-26,28-30,33-34,43H,5-23H2,1-4H3/t25-,26?,28?,29?,30?,33+,34-,37+/m1/s1. The zero-order valence-corrected chi connectivity index (χ0v) is 31.3. The van der Waals surface area contributed by atoms with Crippen molar-refractivity contribution in [2.75, 3.05) is 33.4 Å². The van der Waals surface area contributed by atoms with Crippen molar-refractivity contribution >= 4 is 20.1 Å². The Balaban J connectivity index is 1.14. The van der Waals surface area contributed by atoms with Crippen LogP contribution in [-0.4, -0.2) is 107 Å². The maximum absolute atomic E-state index is 15.2. The van der Waals surface area contributed by atoms with Crippen LogP contribution >= 0.6 is 0 Å². The Hall–Kier alpha value is -2.28. The molecule has 1 aromatic heterocycles. The summed E-state index contributed by atoms with van der Waals surface area (Å²) in [6.07, 6.45) is 16.2. The van der Waals surface area contributed by atoms with Gasteiger partial charge in [-0.25, -0.2) is 4.79 Å². The van der Waals surface area contributed by atoms with E-state index in [1.807, 2.05) is 22.9 Å². The van der Waals surface area contributed by atoms with E-state index >= 15 is 4.79 Å². The molecule has 2 amide bonds. The number of methoxy groups -OCH3 is 1. The van der Waals surface area contributed by atoms with E-state index in [2.05, 4.69) is 35.2 Å². The number of aliphatic hydroxyl groups is 1. The van der Waals surface area contributed by atoms with E-state index in [1.54, 1.807) is 0 Å². The average Bonchev–Trinajstić information content (AvgIpc) is 3.87. The number of hydrogen-bond acceptors (Lipinski definition) is 8. The molecule has 1 spiro atoms. The number of ether oxygens (including phenoxy) is 3. The van der Waals surface area contributed by atoms with E-state index in [4.69, 9.17) is 14.2 Å². The van der Waals surface area contributed by atoms with Crippen molar-refractivity contribution in [2.45, 2.75) is 151 Å². The van der Waals surface area contributed by atoms with Crippen molar-refractivity contribution in [1.29, 1.82) is 0 Å². The number of cyclic esters (lactones) is 1. The van der Waals surface area contributed by atoms with Gasteiger partial charge >= 0.3 is 6.09 Å². The smallest absolute Gasteiger partial charge is 0.410 e. The van der Waals surface area contributed by atoms with Crippen molar-refractivity contribution in [3.8, 4) is 0 Å². The summed E-state index contributed by atoms with van der Waals surface area (Å²) in [6, 6.07) is 0.256. The van der Waals surface area contributed by atoms with E-state index in [1.165, 1.54) is 24.1 Å². The number of allylic oxidation sites excluding steroid dienone is 1. The first-order valence-corrected chi connectivity index (χ1v) is 22.5. The molecule has 1 aromatic rings.